The zero-order valence-electron chi connectivity index (χ0n) is 10.1. The second-order valence-corrected chi connectivity index (χ2v) is 4.71. The fraction of sp³-hybridized carbons (Fsp3) is 0. The van der Waals surface area contributed by atoms with Crippen molar-refractivity contribution in [2.75, 3.05) is 0 Å². The lowest BCUT2D eigenvalue weighted by atomic mass is 10.2. The summed E-state index contributed by atoms with van der Waals surface area (Å²) in [5, 5.41) is 10.1. The van der Waals surface area contributed by atoms with E-state index in [2.05, 4.69) is 4.98 Å². The van der Waals surface area contributed by atoms with E-state index in [-0.39, 0.29) is 5.75 Å². The van der Waals surface area contributed by atoms with E-state index in [1.165, 1.54) is 30.3 Å². The summed E-state index contributed by atoms with van der Waals surface area (Å²) < 4.78 is 1.01. The number of phenolic OH excluding ortho intramolecular Hbond substituents is 1. The number of hydrogen-bond donors (Lipinski definition) is 2. The zero-order valence-corrected chi connectivity index (χ0v) is 10.9. The Hall–Kier alpha value is -2.53. The molecule has 0 aliphatic carbocycles. The van der Waals surface area contributed by atoms with E-state index in [1.807, 2.05) is 0 Å². The monoisotopic (exact) mass is 288 g/mol. The minimum Gasteiger partial charge on any atom is -0.508 e. The molecule has 0 amide bonds. The Kier molecular flexibility index (Phi) is 2.84. The summed E-state index contributed by atoms with van der Waals surface area (Å²) >= 11 is 5.84. The Labute approximate surface area is 117 Å². The average molecular weight is 289 g/mol. The van der Waals surface area contributed by atoms with Crippen LogP contribution in [-0.2, 0) is 0 Å². The molecule has 20 heavy (non-hydrogen) atoms. The number of aromatic hydroxyl groups is 1. The molecule has 1 aromatic heterocycles. The Morgan fingerprint density at radius 2 is 1.75 bits per heavy atom. The average Bonchev–Trinajstić information content (AvgIpc) is 2.40. The Bertz CT molecular complexity index is 910. The quantitative estimate of drug-likeness (QED) is 0.719. The van der Waals surface area contributed by atoms with E-state index in [9.17, 15) is 14.7 Å². The highest BCUT2D eigenvalue weighted by Crippen LogP contribution is 2.15. The molecule has 2 aromatic carbocycles. The number of aromatic amines is 1. The lowest BCUT2D eigenvalue weighted by Gasteiger charge is -2.06. The van der Waals surface area contributed by atoms with E-state index in [1.54, 1.807) is 12.1 Å². The first-order valence-electron chi connectivity index (χ1n) is 5.80. The molecule has 0 bridgehead atoms. The molecule has 0 atom stereocenters. The van der Waals surface area contributed by atoms with Crippen LogP contribution < -0.4 is 11.2 Å². The van der Waals surface area contributed by atoms with E-state index in [4.69, 9.17) is 11.6 Å². The van der Waals surface area contributed by atoms with Gasteiger partial charge in [0, 0.05) is 5.02 Å². The van der Waals surface area contributed by atoms with Crippen LogP contribution in [0.3, 0.4) is 0 Å². The normalized spacial score (nSPS) is 10.8. The van der Waals surface area contributed by atoms with Gasteiger partial charge in [0.1, 0.15) is 5.75 Å². The molecule has 1 heterocycles. The van der Waals surface area contributed by atoms with E-state index in [0.29, 0.717) is 21.6 Å². The van der Waals surface area contributed by atoms with Gasteiger partial charge >= 0.3 is 5.69 Å². The van der Waals surface area contributed by atoms with Crippen LogP contribution in [0.1, 0.15) is 0 Å². The van der Waals surface area contributed by atoms with Crippen molar-refractivity contribution in [3.63, 3.8) is 0 Å². The second kappa shape index (κ2) is 4.54. The van der Waals surface area contributed by atoms with Gasteiger partial charge in [0.25, 0.3) is 5.56 Å². The number of halogens is 1. The van der Waals surface area contributed by atoms with Crippen molar-refractivity contribution in [1.82, 2.24) is 9.55 Å². The van der Waals surface area contributed by atoms with E-state index < -0.39 is 11.2 Å². The van der Waals surface area contributed by atoms with Crippen LogP contribution in [0, 0.1) is 0 Å². The number of benzene rings is 2. The summed E-state index contributed by atoms with van der Waals surface area (Å²) in [6.07, 6.45) is 0. The summed E-state index contributed by atoms with van der Waals surface area (Å²) in [5.74, 6) is 0.0609. The maximum Gasteiger partial charge on any atom is 0.333 e. The molecule has 6 heteroatoms. The van der Waals surface area contributed by atoms with Gasteiger partial charge in [0.15, 0.2) is 0 Å². The summed E-state index contributed by atoms with van der Waals surface area (Å²) in [6, 6.07) is 10.5. The highest BCUT2D eigenvalue weighted by atomic mass is 35.5. The van der Waals surface area contributed by atoms with Crippen molar-refractivity contribution in [2.24, 2.45) is 0 Å². The van der Waals surface area contributed by atoms with Gasteiger partial charge < -0.3 is 10.1 Å². The molecule has 0 unspecified atom stereocenters. The fourth-order valence-electron chi connectivity index (χ4n) is 2.03. The SMILES string of the molecule is O=c1[nH]c2cc(Cl)ccc2c(=O)n1-c1ccc(O)cc1. The predicted molar refractivity (Wildman–Crippen MR) is 76.8 cm³/mol. The molecule has 3 rings (SSSR count). The number of H-pyrrole nitrogens is 1. The van der Waals surface area contributed by atoms with Crippen LogP contribution in [-0.4, -0.2) is 14.7 Å². The third-order valence-electron chi connectivity index (χ3n) is 2.97. The van der Waals surface area contributed by atoms with Gasteiger partial charge in [0.2, 0.25) is 0 Å². The molecule has 0 radical (unpaired) electrons. The number of hydrogen-bond acceptors (Lipinski definition) is 3. The second-order valence-electron chi connectivity index (χ2n) is 4.28. The maximum atomic E-state index is 12.4. The van der Waals surface area contributed by atoms with Gasteiger partial charge in [-0.3, -0.25) is 4.79 Å². The van der Waals surface area contributed by atoms with Crippen molar-refractivity contribution in [2.45, 2.75) is 0 Å². The number of nitrogens with zero attached hydrogens (tertiary/aromatic N) is 1. The van der Waals surface area contributed by atoms with Gasteiger partial charge in [-0.1, -0.05) is 11.6 Å². The Balaban J connectivity index is 2.37. The van der Waals surface area contributed by atoms with Crippen molar-refractivity contribution in [3.05, 3.63) is 68.3 Å². The summed E-state index contributed by atoms with van der Waals surface area (Å²) in [6.45, 7) is 0. The van der Waals surface area contributed by atoms with Crippen LogP contribution in [0.4, 0.5) is 0 Å². The standard InChI is InChI=1S/C14H9ClN2O3/c15-8-1-6-11-12(7-8)16-14(20)17(13(11)19)9-2-4-10(18)5-3-9/h1-7,18H,(H,16,20). The first-order valence-corrected chi connectivity index (χ1v) is 6.18. The van der Waals surface area contributed by atoms with Gasteiger partial charge in [0.05, 0.1) is 16.6 Å². The minimum absolute atomic E-state index is 0.0609. The summed E-state index contributed by atoms with van der Waals surface area (Å²) in [4.78, 5) is 27.0. The number of fused-ring (bicyclic) bond motifs is 1. The predicted octanol–water partition coefficient (Wildman–Crippen LogP) is 2.04. The molecule has 0 fully saturated rings. The van der Waals surface area contributed by atoms with Crippen molar-refractivity contribution in [3.8, 4) is 11.4 Å². The highest BCUT2D eigenvalue weighted by Gasteiger charge is 2.09. The van der Waals surface area contributed by atoms with E-state index in [0.717, 1.165) is 4.57 Å². The summed E-state index contributed by atoms with van der Waals surface area (Å²) in [7, 11) is 0. The Morgan fingerprint density at radius 3 is 2.45 bits per heavy atom. The molecule has 0 aliphatic rings. The van der Waals surface area contributed by atoms with Crippen LogP contribution in [0.2, 0.25) is 5.02 Å². The fourth-order valence-corrected chi connectivity index (χ4v) is 2.20. The molecule has 3 aromatic rings. The first kappa shape index (κ1) is 12.5. The molecule has 100 valence electrons. The van der Waals surface area contributed by atoms with Gasteiger partial charge in [-0.15, -0.1) is 0 Å². The lowest BCUT2D eigenvalue weighted by Crippen LogP contribution is -2.33. The molecule has 0 aliphatic heterocycles. The number of aromatic nitrogens is 2. The van der Waals surface area contributed by atoms with Crippen LogP contribution in [0.5, 0.6) is 5.75 Å². The minimum atomic E-state index is -0.560. The molecule has 2 N–H and O–H groups in total. The number of nitrogens with one attached hydrogen (secondary N) is 1. The van der Waals surface area contributed by atoms with Crippen LogP contribution in [0.15, 0.2) is 52.1 Å². The van der Waals surface area contributed by atoms with Crippen LogP contribution in [0.25, 0.3) is 16.6 Å². The topological polar surface area (TPSA) is 75.1 Å². The van der Waals surface area contributed by atoms with Crippen molar-refractivity contribution >= 4 is 22.5 Å². The number of rotatable bonds is 1. The zero-order chi connectivity index (χ0) is 14.3. The largest absolute Gasteiger partial charge is 0.508 e. The molecular formula is C14H9ClN2O3. The highest BCUT2D eigenvalue weighted by molar-refractivity contribution is 6.31. The molecule has 0 saturated carbocycles. The van der Waals surface area contributed by atoms with Gasteiger partial charge in [-0.05, 0) is 42.5 Å². The van der Waals surface area contributed by atoms with Crippen LogP contribution >= 0.6 is 11.6 Å². The van der Waals surface area contributed by atoms with E-state index >= 15 is 0 Å². The molecule has 5 nitrogen and oxygen atoms in total. The molecule has 0 spiro atoms. The smallest absolute Gasteiger partial charge is 0.333 e. The summed E-state index contributed by atoms with van der Waals surface area (Å²) in [5.41, 5.74) is -0.227. The molecular weight excluding hydrogens is 280 g/mol. The Morgan fingerprint density at radius 1 is 1.05 bits per heavy atom. The molecule has 0 saturated heterocycles. The first-order chi connectivity index (χ1) is 9.56. The van der Waals surface area contributed by atoms with Crippen molar-refractivity contribution < 1.29 is 5.11 Å². The van der Waals surface area contributed by atoms with Gasteiger partial charge in [-0.2, -0.15) is 0 Å². The lowest BCUT2D eigenvalue weighted by molar-refractivity contribution is 0.475. The third-order valence-corrected chi connectivity index (χ3v) is 3.20. The number of phenols is 1. The van der Waals surface area contributed by atoms with Gasteiger partial charge in [-0.25, -0.2) is 9.36 Å². The van der Waals surface area contributed by atoms with Crippen molar-refractivity contribution in [1.29, 1.82) is 0 Å². The third kappa shape index (κ3) is 1.98. The maximum absolute atomic E-state index is 12.4.